The normalized spacial score (nSPS) is 33.0. The van der Waals surface area contributed by atoms with Crippen molar-refractivity contribution < 1.29 is 4.79 Å². The lowest BCUT2D eigenvalue weighted by atomic mass is 10.0. The Labute approximate surface area is 102 Å². The van der Waals surface area contributed by atoms with Crippen LogP contribution in [0.25, 0.3) is 0 Å². The van der Waals surface area contributed by atoms with Crippen molar-refractivity contribution in [3.05, 3.63) is 0 Å². The molecular formula is C12H20N2OS. The molecular weight excluding hydrogens is 220 g/mol. The maximum atomic E-state index is 12.2. The zero-order chi connectivity index (χ0) is 11.9. The zero-order valence-corrected chi connectivity index (χ0v) is 10.8. The average Bonchev–Trinajstić information content (AvgIpc) is 2.82. The number of thiocarbonyl (C=S) groups is 1. The highest BCUT2D eigenvalue weighted by molar-refractivity contribution is 7.80. The summed E-state index contributed by atoms with van der Waals surface area (Å²) in [5, 5.41) is 0. The average molecular weight is 240 g/mol. The van der Waals surface area contributed by atoms with Gasteiger partial charge in [0.25, 0.3) is 0 Å². The van der Waals surface area contributed by atoms with Gasteiger partial charge in [0.15, 0.2) is 0 Å². The molecule has 4 heteroatoms. The van der Waals surface area contributed by atoms with E-state index in [1.165, 1.54) is 6.42 Å². The molecule has 0 aromatic rings. The largest absolute Gasteiger partial charge is 0.393 e. The van der Waals surface area contributed by atoms with Gasteiger partial charge < -0.3 is 10.6 Å². The van der Waals surface area contributed by atoms with Crippen LogP contribution < -0.4 is 5.73 Å². The molecule has 16 heavy (non-hydrogen) atoms. The number of hydrogen-bond acceptors (Lipinski definition) is 2. The molecule has 0 saturated heterocycles. The van der Waals surface area contributed by atoms with Crippen LogP contribution in [-0.2, 0) is 4.79 Å². The molecule has 90 valence electrons. The minimum atomic E-state index is 0.127. The van der Waals surface area contributed by atoms with Crippen LogP contribution in [0.15, 0.2) is 0 Å². The summed E-state index contributed by atoms with van der Waals surface area (Å²) in [6.07, 6.45) is 4.19. The van der Waals surface area contributed by atoms with E-state index in [0.29, 0.717) is 11.4 Å². The number of fused-ring (bicyclic) bond motifs is 1. The predicted octanol–water partition coefficient (Wildman–Crippen LogP) is 1.56. The summed E-state index contributed by atoms with van der Waals surface area (Å²) in [4.78, 5) is 14.5. The second-order valence-electron chi connectivity index (χ2n) is 5.39. The predicted molar refractivity (Wildman–Crippen MR) is 68.0 cm³/mol. The number of nitrogens with zero attached hydrogens (tertiary/aromatic N) is 1. The summed E-state index contributed by atoms with van der Waals surface area (Å²) in [5.41, 5.74) is 5.51. The molecule has 2 rings (SSSR count). The molecule has 0 aromatic carbocycles. The first-order valence-electron chi connectivity index (χ1n) is 6.04. The number of nitrogens with two attached hydrogens (primary N) is 1. The SMILES string of the molecule is CC(CC(N)=S)N(C)C(=O)C1CC2CC2C1. The van der Waals surface area contributed by atoms with Crippen LogP contribution in [0.2, 0.25) is 0 Å². The Morgan fingerprint density at radius 2 is 2.00 bits per heavy atom. The van der Waals surface area contributed by atoms with E-state index in [-0.39, 0.29) is 17.9 Å². The molecule has 2 N–H and O–H groups in total. The van der Waals surface area contributed by atoms with Gasteiger partial charge in [-0.25, -0.2) is 0 Å². The van der Waals surface area contributed by atoms with Crippen LogP contribution in [-0.4, -0.2) is 28.9 Å². The Morgan fingerprint density at radius 3 is 2.50 bits per heavy atom. The highest BCUT2D eigenvalue weighted by Gasteiger charge is 2.48. The molecule has 0 aromatic heterocycles. The Morgan fingerprint density at radius 1 is 1.44 bits per heavy atom. The van der Waals surface area contributed by atoms with Crippen LogP contribution >= 0.6 is 12.2 Å². The summed E-state index contributed by atoms with van der Waals surface area (Å²) in [5.74, 6) is 2.26. The fourth-order valence-electron chi connectivity index (χ4n) is 2.85. The first kappa shape index (κ1) is 11.8. The van der Waals surface area contributed by atoms with E-state index in [0.717, 1.165) is 24.7 Å². The fourth-order valence-corrected chi connectivity index (χ4v) is 3.09. The molecule has 0 heterocycles. The number of amides is 1. The van der Waals surface area contributed by atoms with E-state index in [9.17, 15) is 4.79 Å². The molecule has 3 unspecified atom stereocenters. The zero-order valence-electron chi connectivity index (χ0n) is 9.98. The van der Waals surface area contributed by atoms with Crippen LogP contribution in [0.5, 0.6) is 0 Å². The third-order valence-electron chi connectivity index (χ3n) is 4.10. The molecule has 2 aliphatic carbocycles. The summed E-state index contributed by atoms with van der Waals surface area (Å²) in [6.45, 7) is 2.01. The monoisotopic (exact) mass is 240 g/mol. The molecule has 2 aliphatic rings. The Bertz CT molecular complexity index is 308. The molecule has 0 spiro atoms. The first-order chi connectivity index (χ1) is 7.49. The molecule has 0 aliphatic heterocycles. The minimum Gasteiger partial charge on any atom is -0.393 e. The van der Waals surface area contributed by atoms with Crippen molar-refractivity contribution in [1.82, 2.24) is 4.90 Å². The third kappa shape index (κ3) is 2.37. The smallest absolute Gasteiger partial charge is 0.225 e. The minimum absolute atomic E-state index is 0.127. The first-order valence-corrected chi connectivity index (χ1v) is 6.44. The number of carbonyl (C=O) groups is 1. The van der Waals surface area contributed by atoms with Crippen LogP contribution in [0.3, 0.4) is 0 Å². The van der Waals surface area contributed by atoms with E-state index in [1.807, 2.05) is 18.9 Å². The number of hydrogen-bond donors (Lipinski definition) is 1. The lowest BCUT2D eigenvalue weighted by molar-refractivity contribution is -0.136. The molecule has 2 saturated carbocycles. The molecule has 3 atom stereocenters. The van der Waals surface area contributed by atoms with Crippen molar-refractivity contribution >= 4 is 23.1 Å². The van der Waals surface area contributed by atoms with Crippen molar-refractivity contribution in [1.29, 1.82) is 0 Å². The Balaban J connectivity index is 1.86. The van der Waals surface area contributed by atoms with Crippen molar-refractivity contribution in [2.45, 2.75) is 38.6 Å². The summed E-state index contributed by atoms with van der Waals surface area (Å²) in [7, 11) is 1.87. The quantitative estimate of drug-likeness (QED) is 0.759. The molecule has 0 radical (unpaired) electrons. The standard InChI is InChI=1S/C12H20N2OS/c1-7(3-11(13)16)14(2)12(15)10-5-8-4-9(8)6-10/h7-10H,3-6H2,1-2H3,(H2,13,16). The summed E-state index contributed by atoms with van der Waals surface area (Å²) < 4.78 is 0. The van der Waals surface area contributed by atoms with Crippen LogP contribution in [0.4, 0.5) is 0 Å². The number of carbonyl (C=O) groups excluding carboxylic acids is 1. The van der Waals surface area contributed by atoms with Crippen LogP contribution in [0, 0.1) is 17.8 Å². The third-order valence-corrected chi connectivity index (χ3v) is 4.26. The molecule has 1 amide bonds. The maximum absolute atomic E-state index is 12.2. The van der Waals surface area contributed by atoms with Crippen molar-refractivity contribution in [3.8, 4) is 0 Å². The van der Waals surface area contributed by atoms with Gasteiger partial charge in [-0.15, -0.1) is 0 Å². The highest BCUT2D eigenvalue weighted by Crippen LogP contribution is 2.54. The Kier molecular flexibility index (Phi) is 3.19. The van der Waals surface area contributed by atoms with E-state index in [4.69, 9.17) is 18.0 Å². The van der Waals surface area contributed by atoms with Gasteiger partial charge in [-0.3, -0.25) is 4.79 Å². The lowest BCUT2D eigenvalue weighted by Gasteiger charge is -2.27. The van der Waals surface area contributed by atoms with Gasteiger partial charge in [-0.2, -0.15) is 0 Å². The molecule has 3 nitrogen and oxygen atoms in total. The summed E-state index contributed by atoms with van der Waals surface area (Å²) in [6, 6.07) is 0.127. The topological polar surface area (TPSA) is 46.3 Å². The van der Waals surface area contributed by atoms with Gasteiger partial charge in [-0.05, 0) is 38.0 Å². The Hall–Kier alpha value is -0.640. The van der Waals surface area contributed by atoms with E-state index in [2.05, 4.69) is 0 Å². The fraction of sp³-hybridized carbons (Fsp3) is 0.833. The van der Waals surface area contributed by atoms with Crippen LogP contribution in [0.1, 0.15) is 32.6 Å². The second-order valence-corrected chi connectivity index (χ2v) is 5.92. The van der Waals surface area contributed by atoms with E-state index >= 15 is 0 Å². The van der Waals surface area contributed by atoms with E-state index in [1.54, 1.807) is 0 Å². The second kappa shape index (κ2) is 4.32. The lowest BCUT2D eigenvalue weighted by Crippen LogP contribution is -2.40. The number of rotatable bonds is 4. The van der Waals surface area contributed by atoms with Gasteiger partial charge in [0.2, 0.25) is 5.91 Å². The maximum Gasteiger partial charge on any atom is 0.225 e. The van der Waals surface area contributed by atoms with Gasteiger partial charge in [0.05, 0.1) is 4.99 Å². The molecule has 2 fully saturated rings. The summed E-state index contributed by atoms with van der Waals surface area (Å²) >= 11 is 4.88. The molecule has 0 bridgehead atoms. The van der Waals surface area contributed by atoms with Gasteiger partial charge in [0, 0.05) is 25.4 Å². The van der Waals surface area contributed by atoms with Gasteiger partial charge in [-0.1, -0.05) is 12.2 Å². The highest BCUT2D eigenvalue weighted by atomic mass is 32.1. The van der Waals surface area contributed by atoms with Crippen molar-refractivity contribution in [2.24, 2.45) is 23.5 Å². The van der Waals surface area contributed by atoms with Gasteiger partial charge >= 0.3 is 0 Å². The van der Waals surface area contributed by atoms with E-state index < -0.39 is 0 Å². The van der Waals surface area contributed by atoms with Crippen molar-refractivity contribution in [2.75, 3.05) is 7.05 Å². The van der Waals surface area contributed by atoms with Gasteiger partial charge in [0.1, 0.15) is 0 Å². The van der Waals surface area contributed by atoms with Crippen molar-refractivity contribution in [3.63, 3.8) is 0 Å².